The maximum absolute atomic E-state index is 3.80. The van der Waals surface area contributed by atoms with E-state index in [0.29, 0.717) is 6.04 Å². The Morgan fingerprint density at radius 3 is 2.59 bits per heavy atom. The number of thiophene rings is 1. The first-order chi connectivity index (χ1) is 8.19. The van der Waals surface area contributed by atoms with Gasteiger partial charge in [-0.25, -0.2) is 0 Å². The van der Waals surface area contributed by atoms with Gasteiger partial charge in [-0.15, -0.1) is 11.3 Å². The highest BCUT2D eigenvalue weighted by molar-refractivity contribution is 7.12. The highest BCUT2D eigenvalue weighted by Gasteiger charge is 2.20. The van der Waals surface area contributed by atoms with Crippen LogP contribution in [-0.4, -0.2) is 6.04 Å². The Labute approximate surface area is 110 Å². The first-order valence-corrected chi connectivity index (χ1v) is 7.85. The maximum atomic E-state index is 3.80. The Hall–Kier alpha value is -0.340. The molecule has 0 saturated heterocycles. The molecule has 1 aromatic heterocycles. The van der Waals surface area contributed by atoms with E-state index >= 15 is 0 Å². The molecular weight excluding hydrogens is 226 g/mol. The second-order valence-electron chi connectivity index (χ2n) is 5.50. The van der Waals surface area contributed by atoms with Gasteiger partial charge in [-0.3, -0.25) is 0 Å². The second-order valence-corrected chi connectivity index (χ2v) is 6.70. The fourth-order valence-corrected chi connectivity index (χ4v) is 3.64. The first-order valence-electron chi connectivity index (χ1n) is 7.03. The normalized spacial score (nSPS) is 27.0. The van der Waals surface area contributed by atoms with Crippen molar-refractivity contribution in [3.05, 3.63) is 21.9 Å². The van der Waals surface area contributed by atoms with Gasteiger partial charge in [-0.2, -0.15) is 0 Å². The van der Waals surface area contributed by atoms with Gasteiger partial charge in [0.15, 0.2) is 0 Å². The van der Waals surface area contributed by atoms with Gasteiger partial charge >= 0.3 is 0 Å². The molecule has 0 aliphatic heterocycles. The van der Waals surface area contributed by atoms with E-state index in [0.717, 1.165) is 12.0 Å². The highest BCUT2D eigenvalue weighted by atomic mass is 32.1. The van der Waals surface area contributed by atoms with Crippen LogP contribution in [0.25, 0.3) is 0 Å². The number of hydrogen-bond acceptors (Lipinski definition) is 2. The summed E-state index contributed by atoms with van der Waals surface area (Å²) in [5.41, 5.74) is 0. The summed E-state index contributed by atoms with van der Waals surface area (Å²) >= 11 is 1.97. The lowest BCUT2D eigenvalue weighted by molar-refractivity contribution is 0.292. The lowest BCUT2D eigenvalue weighted by Crippen LogP contribution is -2.34. The van der Waals surface area contributed by atoms with Crippen molar-refractivity contribution in [2.75, 3.05) is 0 Å². The van der Waals surface area contributed by atoms with Gasteiger partial charge in [0.1, 0.15) is 0 Å². The van der Waals surface area contributed by atoms with E-state index in [1.165, 1.54) is 41.9 Å². The summed E-state index contributed by atoms with van der Waals surface area (Å²) in [5.74, 6) is 0.941. The van der Waals surface area contributed by atoms with Gasteiger partial charge in [0, 0.05) is 21.8 Å². The van der Waals surface area contributed by atoms with E-state index in [4.69, 9.17) is 0 Å². The molecule has 1 heterocycles. The average Bonchev–Trinajstić information content (AvgIpc) is 2.81. The topological polar surface area (TPSA) is 12.0 Å². The third kappa shape index (κ3) is 3.56. The SMILES string of the molecule is CCc1ccc(C(C)NC2CCC(C)CC2)s1. The highest BCUT2D eigenvalue weighted by Crippen LogP contribution is 2.28. The molecule has 1 aliphatic carbocycles. The van der Waals surface area contributed by atoms with Gasteiger partial charge in [-0.1, -0.05) is 13.8 Å². The Bertz CT molecular complexity index is 336. The van der Waals surface area contributed by atoms with Gasteiger partial charge in [0.2, 0.25) is 0 Å². The first kappa shape index (κ1) is 13.1. The van der Waals surface area contributed by atoms with E-state index < -0.39 is 0 Å². The molecule has 1 atom stereocenters. The zero-order chi connectivity index (χ0) is 12.3. The van der Waals surface area contributed by atoms with Crippen molar-refractivity contribution >= 4 is 11.3 Å². The van der Waals surface area contributed by atoms with Crippen molar-refractivity contribution in [2.45, 2.75) is 65.0 Å². The zero-order valence-corrected chi connectivity index (χ0v) is 12.1. The number of nitrogens with one attached hydrogen (secondary N) is 1. The van der Waals surface area contributed by atoms with Gasteiger partial charge in [0.25, 0.3) is 0 Å². The summed E-state index contributed by atoms with van der Waals surface area (Å²) in [6, 6.07) is 5.85. The van der Waals surface area contributed by atoms with Gasteiger partial charge in [-0.05, 0) is 57.1 Å². The number of hydrogen-bond donors (Lipinski definition) is 1. The molecule has 1 unspecified atom stereocenters. The standard InChI is InChI=1S/C15H25NS/c1-4-14-9-10-15(17-14)12(3)16-13-7-5-11(2)6-8-13/h9-13,16H,4-8H2,1-3H3. The van der Waals surface area contributed by atoms with Crippen LogP contribution in [0, 0.1) is 5.92 Å². The van der Waals surface area contributed by atoms with Crippen LogP contribution in [-0.2, 0) is 6.42 Å². The van der Waals surface area contributed by atoms with Crippen molar-refractivity contribution in [3.8, 4) is 0 Å². The van der Waals surface area contributed by atoms with Crippen LogP contribution in [0.5, 0.6) is 0 Å². The van der Waals surface area contributed by atoms with Gasteiger partial charge in [0.05, 0.1) is 0 Å². The third-order valence-electron chi connectivity index (χ3n) is 3.96. The summed E-state index contributed by atoms with van der Waals surface area (Å²) in [6.45, 7) is 6.92. The fourth-order valence-electron chi connectivity index (χ4n) is 2.68. The minimum Gasteiger partial charge on any atom is -0.307 e. The molecule has 1 N–H and O–H groups in total. The predicted molar refractivity (Wildman–Crippen MR) is 76.7 cm³/mol. The van der Waals surface area contributed by atoms with E-state index in [2.05, 4.69) is 38.2 Å². The minimum atomic E-state index is 0.527. The Balaban J connectivity index is 1.86. The quantitative estimate of drug-likeness (QED) is 0.828. The molecule has 0 bridgehead atoms. The van der Waals surface area contributed by atoms with Crippen LogP contribution >= 0.6 is 11.3 Å². The smallest absolute Gasteiger partial charge is 0.0388 e. The Morgan fingerprint density at radius 1 is 1.29 bits per heavy atom. The van der Waals surface area contributed by atoms with Crippen molar-refractivity contribution in [1.82, 2.24) is 5.32 Å². The monoisotopic (exact) mass is 251 g/mol. The van der Waals surface area contributed by atoms with Crippen molar-refractivity contribution in [3.63, 3.8) is 0 Å². The molecular formula is C15H25NS. The van der Waals surface area contributed by atoms with Crippen molar-refractivity contribution < 1.29 is 0 Å². The molecule has 0 spiro atoms. The van der Waals surface area contributed by atoms with Gasteiger partial charge < -0.3 is 5.32 Å². The Kier molecular flexibility index (Phi) is 4.63. The van der Waals surface area contributed by atoms with Crippen molar-refractivity contribution in [2.24, 2.45) is 5.92 Å². The van der Waals surface area contributed by atoms with Crippen LogP contribution < -0.4 is 5.32 Å². The molecule has 0 amide bonds. The van der Waals surface area contributed by atoms with E-state index in [9.17, 15) is 0 Å². The molecule has 2 heteroatoms. The predicted octanol–water partition coefficient (Wildman–Crippen LogP) is 4.54. The molecule has 1 aromatic rings. The number of rotatable bonds is 4. The fraction of sp³-hybridized carbons (Fsp3) is 0.733. The molecule has 1 aliphatic rings. The molecule has 1 saturated carbocycles. The summed E-state index contributed by atoms with van der Waals surface area (Å²) < 4.78 is 0. The minimum absolute atomic E-state index is 0.527. The van der Waals surface area contributed by atoms with Crippen LogP contribution in [0.4, 0.5) is 0 Å². The summed E-state index contributed by atoms with van der Waals surface area (Å²) in [7, 11) is 0. The Morgan fingerprint density at radius 2 is 2.00 bits per heavy atom. The lowest BCUT2D eigenvalue weighted by atomic mass is 9.87. The third-order valence-corrected chi connectivity index (χ3v) is 5.37. The molecule has 96 valence electrons. The summed E-state index contributed by atoms with van der Waals surface area (Å²) in [5, 5.41) is 3.80. The van der Waals surface area contributed by atoms with Crippen LogP contribution in [0.3, 0.4) is 0 Å². The average molecular weight is 251 g/mol. The molecule has 0 radical (unpaired) electrons. The lowest BCUT2D eigenvalue weighted by Gasteiger charge is -2.29. The largest absolute Gasteiger partial charge is 0.307 e. The maximum Gasteiger partial charge on any atom is 0.0388 e. The van der Waals surface area contributed by atoms with Crippen LogP contribution in [0.2, 0.25) is 0 Å². The van der Waals surface area contributed by atoms with E-state index in [1.807, 2.05) is 11.3 Å². The summed E-state index contributed by atoms with van der Waals surface area (Å²) in [4.78, 5) is 3.01. The number of aryl methyl sites for hydroxylation is 1. The molecule has 0 aromatic carbocycles. The zero-order valence-electron chi connectivity index (χ0n) is 11.3. The van der Waals surface area contributed by atoms with Crippen LogP contribution in [0.1, 0.15) is 62.3 Å². The second kappa shape index (κ2) is 6.01. The summed E-state index contributed by atoms with van der Waals surface area (Å²) in [6.07, 6.45) is 6.68. The molecule has 1 nitrogen and oxygen atoms in total. The molecule has 1 fully saturated rings. The molecule has 2 rings (SSSR count). The van der Waals surface area contributed by atoms with Crippen LogP contribution in [0.15, 0.2) is 12.1 Å². The van der Waals surface area contributed by atoms with E-state index in [-0.39, 0.29) is 0 Å². The van der Waals surface area contributed by atoms with E-state index in [1.54, 1.807) is 0 Å². The van der Waals surface area contributed by atoms with Crippen molar-refractivity contribution in [1.29, 1.82) is 0 Å². The molecule has 17 heavy (non-hydrogen) atoms.